The van der Waals surface area contributed by atoms with Crippen molar-refractivity contribution in [1.82, 2.24) is 39.8 Å². The van der Waals surface area contributed by atoms with Crippen LogP contribution in [-0.2, 0) is 16.6 Å². The predicted octanol–water partition coefficient (Wildman–Crippen LogP) is 3.81. The Bertz CT molecular complexity index is 1880. The Morgan fingerprint density at radius 1 is 1.03 bits per heavy atom. The Balaban J connectivity index is 1.44. The first-order valence-corrected chi connectivity index (χ1v) is 13.1. The summed E-state index contributed by atoms with van der Waals surface area (Å²) in [6, 6.07) is 13.7. The maximum atomic E-state index is 14.5. The lowest BCUT2D eigenvalue weighted by atomic mass is 10.0. The molecule has 0 radical (unpaired) electrons. The minimum Gasteiger partial charge on any atom is -0.335 e. The molecular formula is C25H19FN8O2S. The van der Waals surface area contributed by atoms with Crippen LogP contribution in [0.3, 0.4) is 0 Å². The molecule has 0 saturated heterocycles. The Morgan fingerprint density at radius 2 is 1.92 bits per heavy atom. The monoisotopic (exact) mass is 514 g/mol. The van der Waals surface area contributed by atoms with Gasteiger partial charge in [-0.2, -0.15) is 5.10 Å². The highest BCUT2D eigenvalue weighted by atomic mass is 32.2. The van der Waals surface area contributed by atoms with Crippen molar-refractivity contribution in [2.75, 3.05) is 6.26 Å². The minimum atomic E-state index is -3.43. The fraction of sp³-hybridized carbons (Fsp3) is 0.0800. The van der Waals surface area contributed by atoms with Crippen molar-refractivity contribution in [2.24, 2.45) is 0 Å². The fourth-order valence-electron chi connectivity index (χ4n) is 4.13. The molecule has 3 N–H and O–H groups in total. The Labute approximate surface area is 210 Å². The van der Waals surface area contributed by atoms with E-state index in [1.54, 1.807) is 30.7 Å². The zero-order valence-electron chi connectivity index (χ0n) is 19.4. The fourth-order valence-corrected chi connectivity index (χ4v) is 4.55. The van der Waals surface area contributed by atoms with Crippen LogP contribution in [0.1, 0.15) is 5.56 Å². The van der Waals surface area contributed by atoms with E-state index < -0.39 is 15.8 Å². The quantitative estimate of drug-likeness (QED) is 0.307. The van der Waals surface area contributed by atoms with E-state index in [2.05, 4.69) is 34.9 Å². The van der Waals surface area contributed by atoms with Crippen molar-refractivity contribution in [3.05, 3.63) is 78.5 Å². The number of halogens is 1. The molecule has 0 aliphatic rings. The molecule has 0 unspecified atom stereocenters. The first-order valence-electron chi connectivity index (χ1n) is 11.2. The summed E-state index contributed by atoms with van der Waals surface area (Å²) >= 11 is 0. The van der Waals surface area contributed by atoms with Gasteiger partial charge in [-0.15, -0.1) is 0 Å². The maximum absolute atomic E-state index is 14.5. The standard InChI is InChI=1S/C25H19FN8O2S/c1-37(35,36)29-12-14-9-16(11-17(26)10-14)18-6-8-28-24-21(18)31-25(32-24)23-22-20(33-34-23)5-4-19(30-22)15-3-2-7-27-13-15/h2-11,13,29H,12H2,1H3,(H,33,34)(H,28,31,32). The number of nitrogens with one attached hydrogen (secondary N) is 3. The molecule has 0 spiro atoms. The summed E-state index contributed by atoms with van der Waals surface area (Å²) in [4.78, 5) is 21.2. The molecule has 10 nitrogen and oxygen atoms in total. The molecule has 0 bridgehead atoms. The molecule has 184 valence electrons. The van der Waals surface area contributed by atoms with Crippen molar-refractivity contribution in [1.29, 1.82) is 0 Å². The van der Waals surface area contributed by atoms with E-state index >= 15 is 0 Å². The van der Waals surface area contributed by atoms with E-state index in [4.69, 9.17) is 4.98 Å². The second-order valence-corrected chi connectivity index (χ2v) is 10.3. The third kappa shape index (κ3) is 4.55. The lowest BCUT2D eigenvalue weighted by molar-refractivity contribution is 0.586. The lowest BCUT2D eigenvalue weighted by Gasteiger charge is -2.08. The molecule has 12 heteroatoms. The van der Waals surface area contributed by atoms with Crippen molar-refractivity contribution in [3.63, 3.8) is 0 Å². The van der Waals surface area contributed by atoms with Gasteiger partial charge >= 0.3 is 0 Å². The number of hydrogen-bond donors (Lipinski definition) is 3. The van der Waals surface area contributed by atoms with Crippen LogP contribution in [0.2, 0.25) is 0 Å². The molecule has 5 aromatic heterocycles. The van der Waals surface area contributed by atoms with Gasteiger partial charge in [0.2, 0.25) is 10.0 Å². The summed E-state index contributed by atoms with van der Waals surface area (Å²) in [5, 5.41) is 7.41. The van der Waals surface area contributed by atoms with Crippen molar-refractivity contribution >= 4 is 32.2 Å². The average Bonchev–Trinajstić information content (AvgIpc) is 3.51. The van der Waals surface area contributed by atoms with E-state index in [-0.39, 0.29) is 6.54 Å². The molecular weight excluding hydrogens is 495 g/mol. The summed E-state index contributed by atoms with van der Waals surface area (Å²) in [5.41, 5.74) is 6.20. The highest BCUT2D eigenvalue weighted by Gasteiger charge is 2.18. The van der Waals surface area contributed by atoms with Gasteiger partial charge in [0.1, 0.15) is 11.3 Å². The highest BCUT2D eigenvalue weighted by molar-refractivity contribution is 7.88. The van der Waals surface area contributed by atoms with Crippen LogP contribution in [0.25, 0.3) is 56.1 Å². The van der Waals surface area contributed by atoms with Gasteiger partial charge in [0.25, 0.3) is 0 Å². The number of rotatable bonds is 6. The topological polar surface area (TPSA) is 142 Å². The van der Waals surface area contributed by atoms with Crippen LogP contribution >= 0.6 is 0 Å². The third-order valence-corrected chi connectivity index (χ3v) is 6.46. The van der Waals surface area contributed by atoms with Gasteiger partial charge in [-0.3, -0.25) is 10.1 Å². The van der Waals surface area contributed by atoms with E-state index in [1.807, 2.05) is 24.3 Å². The molecule has 0 amide bonds. The molecule has 37 heavy (non-hydrogen) atoms. The van der Waals surface area contributed by atoms with E-state index in [9.17, 15) is 12.8 Å². The van der Waals surface area contributed by atoms with Gasteiger partial charge in [-0.05, 0) is 59.7 Å². The number of aromatic amines is 2. The smallest absolute Gasteiger partial charge is 0.209 e. The molecule has 6 aromatic rings. The van der Waals surface area contributed by atoms with Crippen LogP contribution < -0.4 is 4.72 Å². The number of nitrogens with zero attached hydrogens (tertiary/aromatic N) is 5. The van der Waals surface area contributed by atoms with E-state index in [0.717, 1.165) is 23.0 Å². The highest BCUT2D eigenvalue weighted by Crippen LogP contribution is 2.31. The molecule has 0 aliphatic heterocycles. The lowest BCUT2D eigenvalue weighted by Crippen LogP contribution is -2.21. The van der Waals surface area contributed by atoms with Crippen LogP contribution in [0.4, 0.5) is 4.39 Å². The number of imidazole rings is 1. The first kappa shape index (κ1) is 22.9. The Morgan fingerprint density at radius 3 is 2.73 bits per heavy atom. The average molecular weight is 515 g/mol. The van der Waals surface area contributed by atoms with Gasteiger partial charge < -0.3 is 4.98 Å². The van der Waals surface area contributed by atoms with Crippen molar-refractivity contribution in [2.45, 2.75) is 6.54 Å². The number of sulfonamides is 1. The number of pyridine rings is 3. The molecule has 0 fully saturated rings. The van der Waals surface area contributed by atoms with Crippen LogP contribution in [-0.4, -0.2) is 49.8 Å². The zero-order valence-corrected chi connectivity index (χ0v) is 20.2. The largest absolute Gasteiger partial charge is 0.335 e. The molecule has 0 aliphatic carbocycles. The predicted molar refractivity (Wildman–Crippen MR) is 137 cm³/mol. The zero-order chi connectivity index (χ0) is 25.6. The first-order chi connectivity index (χ1) is 17.8. The number of fused-ring (bicyclic) bond motifs is 2. The molecule has 0 saturated carbocycles. The van der Waals surface area contributed by atoms with Crippen molar-refractivity contribution in [3.8, 4) is 33.9 Å². The van der Waals surface area contributed by atoms with Crippen LogP contribution in [0, 0.1) is 5.82 Å². The molecule has 5 heterocycles. The summed E-state index contributed by atoms with van der Waals surface area (Å²) in [7, 11) is -3.43. The second-order valence-electron chi connectivity index (χ2n) is 8.49. The van der Waals surface area contributed by atoms with Crippen LogP contribution in [0.15, 0.2) is 67.1 Å². The SMILES string of the molecule is CS(=O)(=O)NCc1cc(F)cc(-c2ccnc3nc(-c4n[nH]c5ccc(-c6cccnc6)nc45)[nH]c23)c1. The van der Waals surface area contributed by atoms with Crippen LogP contribution in [0.5, 0.6) is 0 Å². The third-order valence-electron chi connectivity index (χ3n) is 5.79. The summed E-state index contributed by atoms with van der Waals surface area (Å²) in [6.07, 6.45) is 6.08. The Kier molecular flexibility index (Phi) is 5.46. The summed E-state index contributed by atoms with van der Waals surface area (Å²) in [6.45, 7) is -0.0315. The number of H-pyrrole nitrogens is 2. The Hall–Kier alpha value is -4.55. The minimum absolute atomic E-state index is 0.0315. The van der Waals surface area contributed by atoms with Gasteiger partial charge in [0.05, 0.1) is 23.0 Å². The van der Waals surface area contributed by atoms with Gasteiger partial charge in [0, 0.05) is 36.3 Å². The van der Waals surface area contributed by atoms with Gasteiger partial charge in [-0.1, -0.05) is 0 Å². The molecule has 1 aromatic carbocycles. The number of benzene rings is 1. The number of aromatic nitrogens is 7. The normalized spacial score (nSPS) is 11.9. The van der Waals surface area contributed by atoms with Gasteiger partial charge in [-0.25, -0.2) is 32.5 Å². The second kappa shape index (κ2) is 8.84. The van der Waals surface area contributed by atoms with Crippen molar-refractivity contribution < 1.29 is 12.8 Å². The van der Waals surface area contributed by atoms with E-state index in [0.29, 0.717) is 44.9 Å². The molecule has 6 rings (SSSR count). The van der Waals surface area contributed by atoms with E-state index in [1.165, 1.54) is 12.1 Å². The summed E-state index contributed by atoms with van der Waals surface area (Å²) < 4.78 is 39.8. The molecule has 0 atom stereocenters. The maximum Gasteiger partial charge on any atom is 0.209 e. The number of hydrogen-bond acceptors (Lipinski definition) is 7. The van der Waals surface area contributed by atoms with Gasteiger partial charge in [0.15, 0.2) is 17.2 Å². The summed E-state index contributed by atoms with van der Waals surface area (Å²) in [5.74, 6) is -0.0367.